The summed E-state index contributed by atoms with van der Waals surface area (Å²) in [5.74, 6) is -2.05. The highest BCUT2D eigenvalue weighted by molar-refractivity contribution is 6.30. The van der Waals surface area contributed by atoms with E-state index >= 15 is 0 Å². The lowest BCUT2D eigenvalue weighted by atomic mass is 10.2. The Hall–Kier alpha value is -1.03. The Bertz CT molecular complexity index is 398. The molecule has 0 atom stereocenters. The molecule has 0 N–H and O–H groups in total. The maximum atomic E-state index is 13.1. The Balaban J connectivity index is 2.30. The molecule has 0 spiro atoms. The lowest BCUT2D eigenvalue weighted by molar-refractivity contribution is 0.0257. The van der Waals surface area contributed by atoms with Gasteiger partial charge >= 0.3 is 0 Å². The SMILES string of the molecule is COc1ccc(Cl)cc1N1CCC(F)(F)C1. The fraction of sp³-hybridized carbons (Fsp3) is 0.455. The van der Waals surface area contributed by atoms with Crippen LogP contribution in [0.4, 0.5) is 14.5 Å². The van der Waals surface area contributed by atoms with Gasteiger partial charge in [0, 0.05) is 18.0 Å². The number of rotatable bonds is 2. The van der Waals surface area contributed by atoms with E-state index in [0.717, 1.165) is 0 Å². The second kappa shape index (κ2) is 4.09. The summed E-state index contributed by atoms with van der Waals surface area (Å²) in [5.41, 5.74) is 0.632. The van der Waals surface area contributed by atoms with Crippen molar-refractivity contribution in [1.82, 2.24) is 0 Å². The Kier molecular flexibility index (Phi) is 2.93. The minimum absolute atomic E-state index is 0.122. The molecule has 0 bridgehead atoms. The van der Waals surface area contributed by atoms with Crippen LogP contribution < -0.4 is 9.64 Å². The molecule has 2 nitrogen and oxygen atoms in total. The Labute approximate surface area is 97.8 Å². The molecule has 0 saturated carbocycles. The first kappa shape index (κ1) is 11.5. The van der Waals surface area contributed by atoms with Crippen molar-refractivity contribution < 1.29 is 13.5 Å². The number of anilines is 1. The summed E-state index contributed by atoms with van der Waals surface area (Å²) in [6.07, 6.45) is -0.122. The van der Waals surface area contributed by atoms with Gasteiger partial charge in [-0.1, -0.05) is 11.6 Å². The van der Waals surface area contributed by atoms with Crippen molar-refractivity contribution in [3.63, 3.8) is 0 Å². The second-order valence-electron chi connectivity index (χ2n) is 3.84. The molecule has 5 heteroatoms. The van der Waals surface area contributed by atoms with Crippen LogP contribution in [0.1, 0.15) is 6.42 Å². The van der Waals surface area contributed by atoms with Crippen LogP contribution in [0, 0.1) is 0 Å². The third-order valence-electron chi connectivity index (χ3n) is 2.65. The predicted molar refractivity (Wildman–Crippen MR) is 59.8 cm³/mol. The second-order valence-corrected chi connectivity index (χ2v) is 4.28. The summed E-state index contributed by atoms with van der Waals surface area (Å²) in [4.78, 5) is 1.60. The third kappa shape index (κ3) is 2.21. The summed E-state index contributed by atoms with van der Waals surface area (Å²) < 4.78 is 31.3. The molecule has 88 valence electrons. The molecule has 0 aliphatic carbocycles. The number of benzene rings is 1. The van der Waals surface area contributed by atoms with Crippen molar-refractivity contribution >= 4 is 17.3 Å². The predicted octanol–water partition coefficient (Wildman–Crippen LogP) is 3.19. The smallest absolute Gasteiger partial charge is 0.266 e. The van der Waals surface area contributed by atoms with Crippen molar-refractivity contribution in [2.24, 2.45) is 0 Å². The molecule has 16 heavy (non-hydrogen) atoms. The first-order chi connectivity index (χ1) is 7.52. The summed E-state index contributed by atoms with van der Waals surface area (Å²) in [5, 5.41) is 0.519. The number of methoxy groups -OCH3 is 1. The zero-order valence-electron chi connectivity index (χ0n) is 8.84. The summed E-state index contributed by atoms with van der Waals surface area (Å²) >= 11 is 5.85. The molecule has 1 saturated heterocycles. The first-order valence-corrected chi connectivity index (χ1v) is 5.36. The lowest BCUT2D eigenvalue weighted by Crippen LogP contribution is -2.25. The van der Waals surface area contributed by atoms with E-state index in [2.05, 4.69) is 0 Å². The number of alkyl halides is 2. The van der Waals surface area contributed by atoms with Crippen molar-refractivity contribution in [2.45, 2.75) is 12.3 Å². The van der Waals surface area contributed by atoms with E-state index in [-0.39, 0.29) is 13.0 Å². The zero-order chi connectivity index (χ0) is 11.8. The molecule has 2 rings (SSSR count). The molecule has 0 radical (unpaired) electrons. The molecule has 1 aromatic carbocycles. The topological polar surface area (TPSA) is 12.5 Å². The van der Waals surface area contributed by atoms with E-state index in [1.807, 2.05) is 0 Å². The number of ether oxygens (including phenoxy) is 1. The van der Waals surface area contributed by atoms with E-state index in [0.29, 0.717) is 23.0 Å². The monoisotopic (exact) mass is 247 g/mol. The quantitative estimate of drug-likeness (QED) is 0.796. The minimum Gasteiger partial charge on any atom is -0.495 e. The molecule has 1 heterocycles. The third-order valence-corrected chi connectivity index (χ3v) is 2.89. The molecule has 0 amide bonds. The van der Waals surface area contributed by atoms with Crippen molar-refractivity contribution in [1.29, 1.82) is 0 Å². The number of hydrogen-bond acceptors (Lipinski definition) is 2. The highest BCUT2D eigenvalue weighted by Crippen LogP contribution is 2.37. The average molecular weight is 248 g/mol. The highest BCUT2D eigenvalue weighted by Gasteiger charge is 2.39. The Morgan fingerprint density at radius 1 is 1.44 bits per heavy atom. The number of nitrogens with zero attached hydrogens (tertiary/aromatic N) is 1. The van der Waals surface area contributed by atoms with Gasteiger partial charge in [-0.05, 0) is 18.2 Å². The molecule has 1 fully saturated rings. The van der Waals surface area contributed by atoms with Crippen LogP contribution in [0.2, 0.25) is 5.02 Å². The largest absolute Gasteiger partial charge is 0.495 e. The van der Waals surface area contributed by atoms with E-state index in [1.54, 1.807) is 23.1 Å². The van der Waals surface area contributed by atoms with Crippen LogP contribution in [0.25, 0.3) is 0 Å². The fourth-order valence-corrected chi connectivity index (χ4v) is 2.02. The zero-order valence-corrected chi connectivity index (χ0v) is 9.60. The van der Waals surface area contributed by atoms with Gasteiger partial charge in [0.05, 0.1) is 19.3 Å². The Morgan fingerprint density at radius 2 is 2.19 bits per heavy atom. The molecule has 0 unspecified atom stereocenters. The van der Waals surface area contributed by atoms with Gasteiger partial charge in [0.25, 0.3) is 5.92 Å². The van der Waals surface area contributed by atoms with Gasteiger partial charge in [-0.15, -0.1) is 0 Å². The van der Waals surface area contributed by atoms with Crippen LogP contribution in [0.15, 0.2) is 18.2 Å². The lowest BCUT2D eigenvalue weighted by Gasteiger charge is -2.21. The van der Waals surface area contributed by atoms with Crippen LogP contribution in [-0.4, -0.2) is 26.1 Å². The van der Waals surface area contributed by atoms with E-state index in [1.165, 1.54) is 7.11 Å². The maximum absolute atomic E-state index is 13.1. The van der Waals surface area contributed by atoms with Gasteiger partial charge in [-0.3, -0.25) is 0 Å². The molecular weight excluding hydrogens is 236 g/mol. The van der Waals surface area contributed by atoms with Crippen molar-refractivity contribution in [3.8, 4) is 5.75 Å². The molecule has 1 aromatic rings. The highest BCUT2D eigenvalue weighted by atomic mass is 35.5. The first-order valence-electron chi connectivity index (χ1n) is 4.98. The van der Waals surface area contributed by atoms with Crippen molar-refractivity contribution in [3.05, 3.63) is 23.2 Å². The normalized spacial score (nSPS) is 18.9. The van der Waals surface area contributed by atoms with Gasteiger partial charge < -0.3 is 9.64 Å². The summed E-state index contributed by atoms with van der Waals surface area (Å²) in [7, 11) is 1.51. The van der Waals surface area contributed by atoms with E-state index in [4.69, 9.17) is 16.3 Å². The van der Waals surface area contributed by atoms with Crippen LogP contribution in [0.3, 0.4) is 0 Å². The van der Waals surface area contributed by atoms with Gasteiger partial charge in [0.2, 0.25) is 0 Å². The molecule has 1 aliphatic rings. The van der Waals surface area contributed by atoms with Gasteiger partial charge in [0.15, 0.2) is 0 Å². The molecule has 0 aromatic heterocycles. The van der Waals surface area contributed by atoms with Crippen LogP contribution in [0.5, 0.6) is 5.75 Å². The van der Waals surface area contributed by atoms with Crippen LogP contribution in [-0.2, 0) is 0 Å². The van der Waals surface area contributed by atoms with Crippen molar-refractivity contribution in [2.75, 3.05) is 25.1 Å². The maximum Gasteiger partial charge on any atom is 0.266 e. The van der Waals surface area contributed by atoms with Crippen LogP contribution >= 0.6 is 11.6 Å². The van der Waals surface area contributed by atoms with E-state index < -0.39 is 5.92 Å². The molecular formula is C11H12ClF2NO. The summed E-state index contributed by atoms with van der Waals surface area (Å²) in [6, 6.07) is 5.02. The minimum atomic E-state index is -2.62. The van der Waals surface area contributed by atoms with E-state index in [9.17, 15) is 8.78 Å². The van der Waals surface area contributed by atoms with Gasteiger partial charge in [-0.25, -0.2) is 8.78 Å². The number of halogens is 3. The molecule has 1 aliphatic heterocycles. The average Bonchev–Trinajstić information content (AvgIpc) is 2.59. The standard InChI is InChI=1S/C11H12ClF2NO/c1-16-10-3-2-8(12)6-9(10)15-5-4-11(13,14)7-15/h2-3,6H,4-5,7H2,1H3. The van der Waals surface area contributed by atoms with Gasteiger partial charge in [0.1, 0.15) is 5.75 Å². The Morgan fingerprint density at radius 3 is 2.75 bits per heavy atom. The summed E-state index contributed by atoms with van der Waals surface area (Å²) in [6.45, 7) is 0.0490. The number of hydrogen-bond donors (Lipinski definition) is 0. The van der Waals surface area contributed by atoms with Gasteiger partial charge in [-0.2, -0.15) is 0 Å². The fourth-order valence-electron chi connectivity index (χ4n) is 1.85.